The molecule has 1 aromatic heterocycles. The fourth-order valence-electron chi connectivity index (χ4n) is 2.45. The van der Waals surface area contributed by atoms with Crippen LogP contribution in [0.2, 0.25) is 0 Å². The van der Waals surface area contributed by atoms with Crippen LogP contribution in [0.5, 0.6) is 11.6 Å². The Morgan fingerprint density at radius 2 is 2.00 bits per heavy atom. The average Bonchev–Trinajstić information content (AvgIpc) is 2.49. The minimum Gasteiger partial charge on any atom is -0.436 e. The predicted octanol–water partition coefficient (Wildman–Crippen LogP) is 3.21. The van der Waals surface area contributed by atoms with Gasteiger partial charge in [0.05, 0.1) is 5.69 Å². The number of rotatable bonds is 2. The molecule has 0 aliphatic heterocycles. The van der Waals surface area contributed by atoms with Gasteiger partial charge in [-0.2, -0.15) is 5.26 Å². The first-order valence-corrected chi connectivity index (χ1v) is 6.73. The third kappa shape index (κ3) is 2.30. The molecule has 0 unspecified atom stereocenters. The van der Waals surface area contributed by atoms with Crippen LogP contribution in [-0.2, 0) is 12.8 Å². The molecule has 0 bridgehead atoms. The fraction of sp³-hybridized carbons (Fsp3) is 0.250. The molecule has 2 aromatic rings. The highest BCUT2D eigenvalue weighted by Gasteiger charge is 2.16. The number of nitrogens with two attached hydrogens (primary N) is 1. The summed E-state index contributed by atoms with van der Waals surface area (Å²) in [4.78, 5) is 4.52. The van der Waals surface area contributed by atoms with E-state index in [1.165, 1.54) is 5.56 Å². The SMILES string of the molecule is N#Cc1cc2c(nc1Oc1ccccc1N)CCCC2. The monoisotopic (exact) mass is 265 g/mol. The molecule has 0 saturated heterocycles. The number of nitriles is 1. The van der Waals surface area contributed by atoms with Gasteiger partial charge in [-0.1, -0.05) is 12.1 Å². The van der Waals surface area contributed by atoms with Crippen LogP contribution in [-0.4, -0.2) is 4.98 Å². The number of anilines is 1. The lowest BCUT2D eigenvalue weighted by molar-refractivity contribution is 0.458. The Balaban J connectivity index is 2.01. The van der Waals surface area contributed by atoms with Crippen LogP contribution in [0.1, 0.15) is 29.7 Å². The van der Waals surface area contributed by atoms with E-state index in [1.54, 1.807) is 12.1 Å². The number of hydrogen-bond donors (Lipinski definition) is 1. The molecule has 0 atom stereocenters. The summed E-state index contributed by atoms with van der Waals surface area (Å²) in [5, 5.41) is 9.27. The van der Waals surface area contributed by atoms with E-state index < -0.39 is 0 Å². The van der Waals surface area contributed by atoms with Gasteiger partial charge in [-0.25, -0.2) is 4.98 Å². The summed E-state index contributed by atoms with van der Waals surface area (Å²) in [7, 11) is 0. The molecule has 1 heterocycles. The van der Waals surface area contributed by atoms with E-state index in [0.717, 1.165) is 31.4 Å². The Kier molecular flexibility index (Phi) is 3.26. The molecule has 100 valence electrons. The zero-order chi connectivity index (χ0) is 13.9. The Morgan fingerprint density at radius 1 is 1.20 bits per heavy atom. The van der Waals surface area contributed by atoms with E-state index in [-0.39, 0.29) is 0 Å². The van der Waals surface area contributed by atoms with E-state index in [4.69, 9.17) is 10.5 Å². The summed E-state index contributed by atoms with van der Waals surface area (Å²) in [5.74, 6) is 0.887. The highest BCUT2D eigenvalue weighted by Crippen LogP contribution is 2.31. The first kappa shape index (κ1) is 12.5. The van der Waals surface area contributed by atoms with E-state index in [2.05, 4.69) is 11.1 Å². The van der Waals surface area contributed by atoms with Gasteiger partial charge >= 0.3 is 0 Å². The zero-order valence-corrected chi connectivity index (χ0v) is 11.1. The van der Waals surface area contributed by atoms with Gasteiger partial charge in [-0.15, -0.1) is 0 Å². The van der Waals surface area contributed by atoms with Gasteiger partial charge < -0.3 is 10.5 Å². The van der Waals surface area contributed by atoms with Crippen molar-refractivity contribution in [2.45, 2.75) is 25.7 Å². The van der Waals surface area contributed by atoms with Gasteiger partial charge in [0.15, 0.2) is 5.75 Å². The highest BCUT2D eigenvalue weighted by atomic mass is 16.5. The van der Waals surface area contributed by atoms with Crippen LogP contribution in [0.15, 0.2) is 30.3 Å². The van der Waals surface area contributed by atoms with E-state index in [1.807, 2.05) is 18.2 Å². The number of aromatic nitrogens is 1. The Morgan fingerprint density at radius 3 is 2.80 bits per heavy atom. The van der Waals surface area contributed by atoms with Crippen LogP contribution in [0.25, 0.3) is 0 Å². The molecule has 1 aliphatic rings. The first-order valence-electron chi connectivity index (χ1n) is 6.73. The number of pyridine rings is 1. The van der Waals surface area contributed by atoms with Crippen LogP contribution >= 0.6 is 0 Å². The van der Waals surface area contributed by atoms with Crippen molar-refractivity contribution < 1.29 is 4.74 Å². The minimum absolute atomic E-state index is 0.353. The molecular formula is C16H15N3O. The molecule has 20 heavy (non-hydrogen) atoms. The smallest absolute Gasteiger partial charge is 0.237 e. The number of benzene rings is 1. The second-order valence-corrected chi connectivity index (χ2v) is 4.91. The van der Waals surface area contributed by atoms with E-state index in [9.17, 15) is 5.26 Å². The van der Waals surface area contributed by atoms with Gasteiger partial charge in [-0.05, 0) is 49.4 Å². The third-order valence-corrected chi connectivity index (χ3v) is 3.51. The second-order valence-electron chi connectivity index (χ2n) is 4.91. The van der Waals surface area contributed by atoms with Gasteiger partial charge in [0.2, 0.25) is 5.88 Å². The molecule has 2 N–H and O–H groups in total. The Hall–Kier alpha value is -2.54. The second kappa shape index (κ2) is 5.22. The van der Waals surface area contributed by atoms with Crippen LogP contribution in [0.3, 0.4) is 0 Å². The normalized spacial score (nSPS) is 13.3. The van der Waals surface area contributed by atoms with Crippen molar-refractivity contribution in [3.8, 4) is 17.7 Å². The topological polar surface area (TPSA) is 71.9 Å². The third-order valence-electron chi connectivity index (χ3n) is 3.51. The van der Waals surface area contributed by atoms with Crippen molar-refractivity contribution >= 4 is 5.69 Å². The Bertz CT molecular complexity index is 689. The number of hydrogen-bond acceptors (Lipinski definition) is 4. The maximum absolute atomic E-state index is 9.27. The summed E-state index contributed by atoms with van der Waals surface area (Å²) in [6.07, 6.45) is 4.23. The standard InChI is InChI=1S/C16H15N3O/c17-10-12-9-11-5-1-3-7-14(11)19-16(12)20-15-8-4-2-6-13(15)18/h2,4,6,8-9H,1,3,5,7,18H2. The number of aryl methyl sites for hydroxylation is 2. The van der Waals surface area contributed by atoms with Crippen molar-refractivity contribution in [1.82, 2.24) is 4.98 Å². The average molecular weight is 265 g/mol. The molecule has 0 saturated carbocycles. The first-order chi connectivity index (χ1) is 9.78. The fourth-order valence-corrected chi connectivity index (χ4v) is 2.45. The molecule has 3 rings (SSSR count). The maximum atomic E-state index is 9.27. The molecule has 1 aromatic carbocycles. The highest BCUT2D eigenvalue weighted by molar-refractivity contribution is 5.54. The van der Waals surface area contributed by atoms with E-state index >= 15 is 0 Å². The predicted molar refractivity (Wildman–Crippen MR) is 76.5 cm³/mol. The van der Waals surface area contributed by atoms with Crippen LogP contribution < -0.4 is 10.5 Å². The number of fused-ring (bicyclic) bond motifs is 1. The lowest BCUT2D eigenvalue weighted by atomic mass is 9.95. The molecule has 0 radical (unpaired) electrons. The molecule has 0 amide bonds. The molecule has 4 heteroatoms. The van der Waals surface area contributed by atoms with Gasteiger partial charge in [0.25, 0.3) is 0 Å². The van der Waals surface area contributed by atoms with Gasteiger partial charge in [0.1, 0.15) is 11.6 Å². The molecule has 4 nitrogen and oxygen atoms in total. The molecular weight excluding hydrogens is 250 g/mol. The van der Waals surface area contributed by atoms with E-state index in [0.29, 0.717) is 22.9 Å². The Labute approximate surface area is 117 Å². The van der Waals surface area contributed by atoms with Crippen molar-refractivity contribution in [1.29, 1.82) is 5.26 Å². The molecule has 1 aliphatic carbocycles. The summed E-state index contributed by atoms with van der Waals surface area (Å²) in [5.41, 5.74) is 9.08. The van der Waals surface area contributed by atoms with Crippen LogP contribution in [0.4, 0.5) is 5.69 Å². The summed E-state index contributed by atoms with van der Waals surface area (Å²) < 4.78 is 5.74. The summed E-state index contributed by atoms with van der Waals surface area (Å²) in [6, 6.07) is 11.3. The summed E-state index contributed by atoms with van der Waals surface area (Å²) >= 11 is 0. The summed E-state index contributed by atoms with van der Waals surface area (Å²) in [6.45, 7) is 0. The number of para-hydroxylation sites is 2. The quantitative estimate of drug-likeness (QED) is 0.846. The number of ether oxygens (including phenoxy) is 1. The number of nitrogen functional groups attached to an aromatic ring is 1. The lowest BCUT2D eigenvalue weighted by Gasteiger charge is -2.17. The molecule has 0 fully saturated rings. The largest absolute Gasteiger partial charge is 0.436 e. The zero-order valence-electron chi connectivity index (χ0n) is 11.1. The maximum Gasteiger partial charge on any atom is 0.237 e. The minimum atomic E-state index is 0.353. The lowest BCUT2D eigenvalue weighted by Crippen LogP contribution is -2.07. The number of nitrogens with zero attached hydrogens (tertiary/aromatic N) is 2. The van der Waals surface area contributed by atoms with Crippen molar-refractivity contribution in [3.63, 3.8) is 0 Å². The molecule has 0 spiro atoms. The van der Waals surface area contributed by atoms with Crippen molar-refractivity contribution in [2.24, 2.45) is 0 Å². The van der Waals surface area contributed by atoms with Gasteiger partial charge in [-0.3, -0.25) is 0 Å². The van der Waals surface area contributed by atoms with Crippen molar-refractivity contribution in [3.05, 3.63) is 47.2 Å². The van der Waals surface area contributed by atoms with Crippen LogP contribution in [0, 0.1) is 11.3 Å². The van der Waals surface area contributed by atoms with Crippen molar-refractivity contribution in [2.75, 3.05) is 5.73 Å². The van der Waals surface area contributed by atoms with Gasteiger partial charge in [0, 0.05) is 5.69 Å².